The van der Waals surface area contributed by atoms with Crippen molar-refractivity contribution in [1.82, 2.24) is 4.90 Å². The van der Waals surface area contributed by atoms with E-state index in [0.717, 1.165) is 11.3 Å². The molecule has 3 rings (SSSR count). The number of anilines is 1. The number of carbonyl (C=O) groups excluding carboxylic acids is 2. The summed E-state index contributed by atoms with van der Waals surface area (Å²) in [5, 5.41) is 2.99. The monoisotopic (exact) mass is 322 g/mol. The molecule has 124 valence electrons. The number of carbonyl (C=O) groups is 2. The predicted octanol–water partition coefficient (Wildman–Crippen LogP) is 3.49. The first-order chi connectivity index (χ1) is 11.6. The van der Waals surface area contributed by atoms with Crippen molar-refractivity contribution in [2.24, 2.45) is 5.92 Å². The highest BCUT2D eigenvalue weighted by molar-refractivity contribution is 5.95. The standard InChI is InChI=1S/C20H22N2O2/c1-15-6-5-9-18(14-15)21-19(23)16-10-12-22(13-11-16)20(24)17-7-3-2-4-8-17/h2-9,14,16H,10-13H2,1H3,(H,21,23). The fourth-order valence-electron chi connectivity index (χ4n) is 3.08. The van der Waals surface area contributed by atoms with E-state index in [2.05, 4.69) is 5.32 Å². The van der Waals surface area contributed by atoms with Gasteiger partial charge in [0.25, 0.3) is 5.91 Å². The van der Waals surface area contributed by atoms with Crippen molar-refractivity contribution in [1.29, 1.82) is 0 Å². The van der Waals surface area contributed by atoms with Gasteiger partial charge < -0.3 is 10.2 Å². The predicted molar refractivity (Wildman–Crippen MR) is 94.9 cm³/mol. The molecule has 2 aromatic carbocycles. The van der Waals surface area contributed by atoms with Gasteiger partial charge in [0.2, 0.25) is 5.91 Å². The van der Waals surface area contributed by atoms with Crippen molar-refractivity contribution in [3.8, 4) is 0 Å². The van der Waals surface area contributed by atoms with Crippen LogP contribution in [0.15, 0.2) is 54.6 Å². The van der Waals surface area contributed by atoms with Gasteiger partial charge in [0.1, 0.15) is 0 Å². The first-order valence-corrected chi connectivity index (χ1v) is 8.35. The summed E-state index contributed by atoms with van der Waals surface area (Å²) in [5.41, 5.74) is 2.67. The molecule has 4 heteroatoms. The van der Waals surface area contributed by atoms with Crippen LogP contribution < -0.4 is 5.32 Å². The summed E-state index contributed by atoms with van der Waals surface area (Å²) in [6.07, 6.45) is 1.41. The van der Waals surface area contributed by atoms with Crippen LogP contribution in [0.1, 0.15) is 28.8 Å². The van der Waals surface area contributed by atoms with Crippen LogP contribution >= 0.6 is 0 Å². The lowest BCUT2D eigenvalue weighted by Crippen LogP contribution is -2.41. The number of benzene rings is 2. The second kappa shape index (κ2) is 7.30. The lowest BCUT2D eigenvalue weighted by atomic mass is 9.95. The second-order valence-corrected chi connectivity index (χ2v) is 6.29. The molecule has 2 aromatic rings. The number of rotatable bonds is 3. The topological polar surface area (TPSA) is 49.4 Å². The lowest BCUT2D eigenvalue weighted by Gasteiger charge is -2.31. The molecule has 1 fully saturated rings. The molecule has 1 saturated heterocycles. The van der Waals surface area contributed by atoms with Crippen LogP contribution in [-0.2, 0) is 4.79 Å². The van der Waals surface area contributed by atoms with Gasteiger partial charge in [-0.3, -0.25) is 9.59 Å². The number of hydrogen-bond acceptors (Lipinski definition) is 2. The number of hydrogen-bond donors (Lipinski definition) is 1. The molecule has 0 bridgehead atoms. The second-order valence-electron chi connectivity index (χ2n) is 6.29. The summed E-state index contributed by atoms with van der Waals surface area (Å²) in [6, 6.07) is 17.1. The molecule has 0 unspecified atom stereocenters. The Balaban J connectivity index is 1.55. The number of likely N-dealkylation sites (tertiary alicyclic amines) is 1. The molecule has 0 saturated carbocycles. The molecule has 1 heterocycles. The van der Waals surface area contributed by atoms with Crippen molar-refractivity contribution in [3.63, 3.8) is 0 Å². The van der Waals surface area contributed by atoms with Gasteiger partial charge >= 0.3 is 0 Å². The molecular formula is C20H22N2O2. The third-order valence-corrected chi connectivity index (χ3v) is 4.46. The van der Waals surface area contributed by atoms with Gasteiger partial charge in [-0.25, -0.2) is 0 Å². The van der Waals surface area contributed by atoms with Crippen molar-refractivity contribution in [2.45, 2.75) is 19.8 Å². The van der Waals surface area contributed by atoms with Crippen LogP contribution in [0.2, 0.25) is 0 Å². The quantitative estimate of drug-likeness (QED) is 0.940. The van der Waals surface area contributed by atoms with E-state index in [1.807, 2.05) is 66.4 Å². The minimum absolute atomic E-state index is 0.0367. The Kier molecular flexibility index (Phi) is 4.94. The number of piperidine rings is 1. The Bertz CT molecular complexity index is 719. The summed E-state index contributed by atoms with van der Waals surface area (Å²) in [7, 11) is 0. The molecule has 2 amide bonds. The van der Waals surface area contributed by atoms with Crippen molar-refractivity contribution in [2.75, 3.05) is 18.4 Å². The molecule has 0 spiro atoms. The third kappa shape index (κ3) is 3.82. The fourth-order valence-corrected chi connectivity index (χ4v) is 3.08. The summed E-state index contributed by atoms with van der Waals surface area (Å²) in [6.45, 7) is 3.25. The van der Waals surface area contributed by atoms with Crippen LogP contribution in [0.4, 0.5) is 5.69 Å². The normalized spacial score (nSPS) is 15.1. The zero-order chi connectivity index (χ0) is 16.9. The summed E-state index contributed by atoms with van der Waals surface area (Å²) in [4.78, 5) is 26.7. The lowest BCUT2D eigenvalue weighted by molar-refractivity contribution is -0.121. The molecule has 0 aliphatic carbocycles. The van der Waals surface area contributed by atoms with E-state index < -0.39 is 0 Å². The Morgan fingerprint density at radius 1 is 1.00 bits per heavy atom. The summed E-state index contributed by atoms with van der Waals surface area (Å²) < 4.78 is 0. The fraction of sp³-hybridized carbons (Fsp3) is 0.300. The van der Waals surface area contributed by atoms with E-state index in [1.54, 1.807) is 0 Å². The number of amides is 2. The number of nitrogens with one attached hydrogen (secondary N) is 1. The minimum Gasteiger partial charge on any atom is -0.339 e. The molecule has 1 N–H and O–H groups in total. The molecule has 0 atom stereocenters. The maximum atomic E-state index is 12.4. The molecule has 4 nitrogen and oxygen atoms in total. The first kappa shape index (κ1) is 16.2. The highest BCUT2D eigenvalue weighted by Crippen LogP contribution is 2.21. The zero-order valence-electron chi connectivity index (χ0n) is 13.9. The van der Waals surface area contributed by atoms with E-state index in [0.29, 0.717) is 31.5 Å². The summed E-state index contributed by atoms with van der Waals surface area (Å²) in [5.74, 6) is 0.0610. The van der Waals surface area contributed by atoms with Crippen molar-refractivity contribution >= 4 is 17.5 Å². The van der Waals surface area contributed by atoms with E-state index >= 15 is 0 Å². The Hall–Kier alpha value is -2.62. The zero-order valence-corrected chi connectivity index (χ0v) is 13.9. The van der Waals surface area contributed by atoms with Gasteiger partial charge in [0, 0.05) is 30.3 Å². The maximum Gasteiger partial charge on any atom is 0.253 e. The van der Waals surface area contributed by atoms with Crippen LogP contribution in [0.5, 0.6) is 0 Å². The van der Waals surface area contributed by atoms with Gasteiger partial charge in [-0.2, -0.15) is 0 Å². The van der Waals surface area contributed by atoms with Crippen molar-refractivity contribution < 1.29 is 9.59 Å². The largest absolute Gasteiger partial charge is 0.339 e. The molecule has 1 aliphatic heterocycles. The number of nitrogens with zero attached hydrogens (tertiary/aromatic N) is 1. The van der Waals surface area contributed by atoms with E-state index in [9.17, 15) is 9.59 Å². The average molecular weight is 322 g/mol. The first-order valence-electron chi connectivity index (χ1n) is 8.35. The van der Waals surface area contributed by atoms with Gasteiger partial charge in [0.15, 0.2) is 0 Å². The average Bonchev–Trinajstić information content (AvgIpc) is 2.62. The highest BCUT2D eigenvalue weighted by atomic mass is 16.2. The van der Waals surface area contributed by atoms with Gasteiger partial charge in [-0.05, 0) is 49.6 Å². The van der Waals surface area contributed by atoms with E-state index in [1.165, 1.54) is 0 Å². The van der Waals surface area contributed by atoms with Crippen molar-refractivity contribution in [3.05, 3.63) is 65.7 Å². The third-order valence-electron chi connectivity index (χ3n) is 4.46. The highest BCUT2D eigenvalue weighted by Gasteiger charge is 2.27. The van der Waals surface area contributed by atoms with Crippen LogP contribution in [0, 0.1) is 12.8 Å². The Labute approximate surface area is 142 Å². The van der Waals surface area contributed by atoms with Gasteiger partial charge in [0.05, 0.1) is 0 Å². The molecular weight excluding hydrogens is 300 g/mol. The Morgan fingerprint density at radius 2 is 1.71 bits per heavy atom. The SMILES string of the molecule is Cc1cccc(NC(=O)C2CCN(C(=O)c3ccccc3)CC2)c1. The van der Waals surface area contributed by atoms with E-state index in [4.69, 9.17) is 0 Å². The van der Waals surface area contributed by atoms with Crippen LogP contribution in [0.3, 0.4) is 0 Å². The molecule has 24 heavy (non-hydrogen) atoms. The van der Waals surface area contributed by atoms with Gasteiger partial charge in [-0.1, -0.05) is 30.3 Å². The Morgan fingerprint density at radius 3 is 2.38 bits per heavy atom. The minimum atomic E-state index is -0.0367. The van der Waals surface area contributed by atoms with Gasteiger partial charge in [-0.15, -0.1) is 0 Å². The molecule has 0 aromatic heterocycles. The summed E-state index contributed by atoms with van der Waals surface area (Å²) >= 11 is 0. The van der Waals surface area contributed by atoms with E-state index in [-0.39, 0.29) is 17.7 Å². The number of aryl methyl sites for hydroxylation is 1. The van der Waals surface area contributed by atoms with Crippen LogP contribution in [0.25, 0.3) is 0 Å². The molecule has 0 radical (unpaired) electrons. The maximum absolute atomic E-state index is 12.4. The van der Waals surface area contributed by atoms with Crippen LogP contribution in [-0.4, -0.2) is 29.8 Å². The smallest absolute Gasteiger partial charge is 0.253 e. The molecule has 1 aliphatic rings.